The fourth-order valence-corrected chi connectivity index (χ4v) is 2.50. The molecule has 0 unspecified atom stereocenters. The first kappa shape index (κ1) is 18.0. The normalized spacial score (nSPS) is 10.1. The Morgan fingerprint density at radius 2 is 1.71 bits per heavy atom. The molecule has 6 heteroatoms. The van der Waals surface area contributed by atoms with Crippen molar-refractivity contribution in [3.05, 3.63) is 59.1 Å². The van der Waals surface area contributed by atoms with Crippen molar-refractivity contribution in [2.45, 2.75) is 13.3 Å². The molecule has 24 heavy (non-hydrogen) atoms. The lowest BCUT2D eigenvalue weighted by molar-refractivity contribution is -0.118. The van der Waals surface area contributed by atoms with Gasteiger partial charge in [-0.05, 0) is 43.3 Å². The largest absolute Gasteiger partial charge is 0.337 e. The summed E-state index contributed by atoms with van der Waals surface area (Å²) in [5.74, 6) is -0.0207. The minimum Gasteiger partial charge on any atom is -0.337 e. The number of rotatable bonds is 6. The summed E-state index contributed by atoms with van der Waals surface area (Å²) in [5, 5.41) is 5.42. The van der Waals surface area contributed by atoms with E-state index in [0.717, 1.165) is 10.2 Å². The molecule has 0 bridgehead atoms. The summed E-state index contributed by atoms with van der Waals surface area (Å²) in [6.07, 6.45) is 0.247. The van der Waals surface area contributed by atoms with Crippen molar-refractivity contribution in [2.24, 2.45) is 0 Å². The van der Waals surface area contributed by atoms with E-state index in [1.54, 1.807) is 17.0 Å². The standard InChI is InChI=1S/C18H20BrN3O2/c1-2-22(16-6-4-3-5-7-16)17(23)12-13-20-18(24)21-15-10-8-14(19)9-11-15/h3-11H,2,12-13H2,1H3,(H2,20,21,24). The second kappa shape index (κ2) is 9.08. The number of urea groups is 1. The Morgan fingerprint density at radius 1 is 1.04 bits per heavy atom. The fourth-order valence-electron chi connectivity index (χ4n) is 2.24. The van der Waals surface area contributed by atoms with E-state index in [2.05, 4.69) is 26.6 Å². The molecule has 0 fully saturated rings. The maximum absolute atomic E-state index is 12.3. The number of nitrogens with one attached hydrogen (secondary N) is 2. The highest BCUT2D eigenvalue weighted by Gasteiger charge is 2.13. The maximum atomic E-state index is 12.3. The molecule has 0 radical (unpaired) electrons. The number of hydrogen-bond donors (Lipinski definition) is 2. The van der Waals surface area contributed by atoms with Crippen LogP contribution < -0.4 is 15.5 Å². The number of carbonyl (C=O) groups is 2. The van der Waals surface area contributed by atoms with Crippen molar-refractivity contribution in [1.82, 2.24) is 5.32 Å². The second-order valence-electron chi connectivity index (χ2n) is 5.11. The summed E-state index contributed by atoms with van der Waals surface area (Å²) < 4.78 is 0.944. The van der Waals surface area contributed by atoms with E-state index in [-0.39, 0.29) is 24.9 Å². The van der Waals surface area contributed by atoms with Crippen LogP contribution in [0.15, 0.2) is 59.1 Å². The van der Waals surface area contributed by atoms with Gasteiger partial charge in [0.25, 0.3) is 0 Å². The highest BCUT2D eigenvalue weighted by Crippen LogP contribution is 2.15. The third kappa shape index (κ3) is 5.38. The Labute approximate surface area is 150 Å². The van der Waals surface area contributed by atoms with E-state index in [1.807, 2.05) is 49.4 Å². The number of hydrogen-bond acceptors (Lipinski definition) is 2. The third-order valence-electron chi connectivity index (χ3n) is 3.41. The Bertz CT molecular complexity index is 674. The van der Waals surface area contributed by atoms with E-state index in [4.69, 9.17) is 0 Å². The zero-order chi connectivity index (χ0) is 17.4. The summed E-state index contributed by atoms with van der Waals surface area (Å²) in [6.45, 7) is 2.80. The Morgan fingerprint density at radius 3 is 2.33 bits per heavy atom. The molecule has 3 amide bonds. The smallest absolute Gasteiger partial charge is 0.319 e. The molecule has 2 aromatic rings. The van der Waals surface area contributed by atoms with Crippen molar-refractivity contribution in [1.29, 1.82) is 0 Å². The number of nitrogens with zero attached hydrogens (tertiary/aromatic N) is 1. The van der Waals surface area contributed by atoms with E-state index in [0.29, 0.717) is 12.2 Å². The molecule has 2 aromatic carbocycles. The number of benzene rings is 2. The van der Waals surface area contributed by atoms with E-state index in [1.165, 1.54) is 0 Å². The van der Waals surface area contributed by atoms with Crippen LogP contribution in [0.4, 0.5) is 16.2 Å². The van der Waals surface area contributed by atoms with Crippen molar-refractivity contribution < 1.29 is 9.59 Å². The molecule has 126 valence electrons. The van der Waals surface area contributed by atoms with Gasteiger partial charge >= 0.3 is 6.03 Å². The molecule has 0 heterocycles. The van der Waals surface area contributed by atoms with Crippen LogP contribution in [0.3, 0.4) is 0 Å². The van der Waals surface area contributed by atoms with Crippen LogP contribution in [0, 0.1) is 0 Å². The van der Waals surface area contributed by atoms with Crippen molar-refractivity contribution >= 4 is 39.2 Å². The fraction of sp³-hybridized carbons (Fsp3) is 0.222. The number of anilines is 2. The Hall–Kier alpha value is -2.34. The minimum absolute atomic E-state index is 0.0207. The molecular weight excluding hydrogens is 370 g/mol. The lowest BCUT2D eigenvalue weighted by atomic mass is 10.2. The molecule has 0 atom stereocenters. The van der Waals surface area contributed by atoms with Crippen LogP contribution in [-0.4, -0.2) is 25.0 Å². The molecule has 0 saturated heterocycles. The summed E-state index contributed by atoms with van der Waals surface area (Å²) in [5.41, 5.74) is 1.56. The molecule has 2 N–H and O–H groups in total. The van der Waals surface area contributed by atoms with Crippen LogP contribution >= 0.6 is 15.9 Å². The molecule has 0 aliphatic carbocycles. The third-order valence-corrected chi connectivity index (χ3v) is 3.94. The Balaban J connectivity index is 1.79. The first-order chi connectivity index (χ1) is 11.6. The van der Waals surface area contributed by atoms with Gasteiger partial charge in [0.2, 0.25) is 5.91 Å². The van der Waals surface area contributed by atoms with Gasteiger partial charge in [0.1, 0.15) is 0 Å². The predicted octanol–water partition coefficient (Wildman–Crippen LogP) is 4.01. The summed E-state index contributed by atoms with van der Waals surface area (Å²) >= 11 is 3.34. The first-order valence-electron chi connectivity index (χ1n) is 7.76. The topological polar surface area (TPSA) is 61.4 Å². The average Bonchev–Trinajstić information content (AvgIpc) is 2.58. The lowest BCUT2D eigenvalue weighted by Gasteiger charge is -2.21. The highest BCUT2D eigenvalue weighted by atomic mass is 79.9. The quantitative estimate of drug-likeness (QED) is 0.783. The molecule has 0 aliphatic rings. The SMILES string of the molecule is CCN(C(=O)CCNC(=O)Nc1ccc(Br)cc1)c1ccccc1. The van der Waals surface area contributed by atoms with Crippen molar-refractivity contribution in [3.63, 3.8) is 0 Å². The summed E-state index contributed by atoms with van der Waals surface area (Å²) in [7, 11) is 0. The van der Waals surface area contributed by atoms with Gasteiger partial charge in [-0.25, -0.2) is 4.79 Å². The molecule has 0 aromatic heterocycles. The van der Waals surface area contributed by atoms with Crippen LogP contribution in [0.1, 0.15) is 13.3 Å². The van der Waals surface area contributed by atoms with Crippen molar-refractivity contribution in [3.8, 4) is 0 Å². The number of para-hydroxylation sites is 1. The molecule has 0 spiro atoms. The van der Waals surface area contributed by atoms with Gasteiger partial charge in [0, 0.05) is 35.4 Å². The molecule has 0 aliphatic heterocycles. The van der Waals surface area contributed by atoms with Crippen LogP contribution in [0.5, 0.6) is 0 Å². The summed E-state index contributed by atoms with van der Waals surface area (Å²) in [4.78, 5) is 25.8. The van der Waals surface area contributed by atoms with Gasteiger partial charge < -0.3 is 15.5 Å². The van der Waals surface area contributed by atoms with Gasteiger partial charge in [-0.15, -0.1) is 0 Å². The average molecular weight is 390 g/mol. The van der Waals surface area contributed by atoms with Crippen LogP contribution in [-0.2, 0) is 4.79 Å². The van der Waals surface area contributed by atoms with Crippen LogP contribution in [0.2, 0.25) is 0 Å². The first-order valence-corrected chi connectivity index (χ1v) is 8.55. The van der Waals surface area contributed by atoms with E-state index >= 15 is 0 Å². The minimum atomic E-state index is -0.326. The zero-order valence-electron chi connectivity index (χ0n) is 13.5. The van der Waals surface area contributed by atoms with Crippen LogP contribution in [0.25, 0.3) is 0 Å². The predicted molar refractivity (Wildman–Crippen MR) is 100 cm³/mol. The van der Waals surface area contributed by atoms with E-state index < -0.39 is 0 Å². The molecule has 0 saturated carbocycles. The van der Waals surface area contributed by atoms with Gasteiger partial charge in [0.15, 0.2) is 0 Å². The monoisotopic (exact) mass is 389 g/mol. The number of halogens is 1. The zero-order valence-corrected chi connectivity index (χ0v) is 15.0. The lowest BCUT2D eigenvalue weighted by Crippen LogP contribution is -2.35. The van der Waals surface area contributed by atoms with Gasteiger partial charge in [-0.1, -0.05) is 34.1 Å². The highest BCUT2D eigenvalue weighted by molar-refractivity contribution is 9.10. The van der Waals surface area contributed by atoms with E-state index in [9.17, 15) is 9.59 Å². The molecular formula is C18H20BrN3O2. The molecule has 2 rings (SSSR count). The maximum Gasteiger partial charge on any atom is 0.319 e. The van der Waals surface area contributed by atoms with Gasteiger partial charge in [-0.3, -0.25) is 4.79 Å². The van der Waals surface area contributed by atoms with Crippen molar-refractivity contribution in [2.75, 3.05) is 23.3 Å². The second-order valence-corrected chi connectivity index (χ2v) is 6.03. The number of amides is 3. The summed E-state index contributed by atoms with van der Waals surface area (Å²) in [6, 6.07) is 16.5. The van der Waals surface area contributed by atoms with Gasteiger partial charge in [-0.2, -0.15) is 0 Å². The number of carbonyl (C=O) groups excluding carboxylic acids is 2. The Kier molecular flexibility index (Phi) is 6.81. The molecule has 5 nitrogen and oxygen atoms in total. The van der Waals surface area contributed by atoms with Gasteiger partial charge in [0.05, 0.1) is 0 Å².